The number of pyridine rings is 1. The quantitative estimate of drug-likeness (QED) is 0.272. The SMILES string of the molecule is CC(C)C[C@H]1CCCC2C[C@@H](CC(C)C)C(O)C2C1O.[Ir].[c-]1c(-c2ccccn2)sc2ccccc12. The van der Waals surface area contributed by atoms with Crippen LogP contribution in [0.5, 0.6) is 0 Å². The summed E-state index contributed by atoms with van der Waals surface area (Å²) >= 11 is 1.73. The Labute approximate surface area is 235 Å². The molecule has 2 aliphatic rings. The molecule has 1 radical (unpaired) electrons. The Hall–Kier alpha value is -1.10. The number of aliphatic hydroxyl groups excluding tert-OH is 2. The number of aliphatic hydroxyl groups is 2. The molecule has 0 bridgehead atoms. The maximum atomic E-state index is 10.8. The summed E-state index contributed by atoms with van der Waals surface area (Å²) in [5, 5.41) is 22.7. The van der Waals surface area contributed by atoms with Crippen molar-refractivity contribution >= 4 is 21.4 Å². The normalized spacial score (nSPS) is 27.8. The Bertz CT molecular complexity index is 1020. The molecule has 2 N–H and O–H groups in total. The van der Waals surface area contributed by atoms with Crippen LogP contribution in [-0.2, 0) is 20.1 Å². The standard InChI is InChI=1S/C18H34O2.C13H8NS.Ir/c1-11(2)8-14-7-5-6-13-10-15(9-12(3)4)18(20)16(13)17(14)19;1-2-7-12-10(5-1)9-13(15-12)11-6-3-4-8-14-11;/h11-20H,5-10H2,1-4H3;1-8H;/q;-1;/t13?,14-,15-,16?,17?,18?;;/m1../s1. The van der Waals surface area contributed by atoms with Crippen molar-refractivity contribution in [3.8, 4) is 10.6 Å². The molecule has 0 saturated heterocycles. The molecule has 5 heteroatoms. The third-order valence-corrected chi connectivity index (χ3v) is 8.94. The van der Waals surface area contributed by atoms with Gasteiger partial charge in [0, 0.05) is 37.9 Å². The van der Waals surface area contributed by atoms with Gasteiger partial charge in [0.1, 0.15) is 0 Å². The Kier molecular flexibility index (Phi) is 11.1. The second-order valence-electron chi connectivity index (χ2n) is 11.5. The van der Waals surface area contributed by atoms with Crippen molar-refractivity contribution in [1.29, 1.82) is 0 Å². The predicted molar refractivity (Wildman–Crippen MR) is 147 cm³/mol. The Morgan fingerprint density at radius 1 is 0.917 bits per heavy atom. The topological polar surface area (TPSA) is 53.4 Å². The average Bonchev–Trinajstić information content (AvgIpc) is 3.35. The minimum atomic E-state index is -0.280. The molecule has 2 saturated carbocycles. The molecule has 0 aliphatic heterocycles. The first-order valence-corrected chi connectivity index (χ1v) is 14.3. The summed E-state index contributed by atoms with van der Waals surface area (Å²) in [4.78, 5) is 5.43. The van der Waals surface area contributed by atoms with Gasteiger partial charge in [0.2, 0.25) is 0 Å². The summed E-state index contributed by atoms with van der Waals surface area (Å²) in [5.74, 6) is 2.79. The maximum absolute atomic E-state index is 10.8. The van der Waals surface area contributed by atoms with Crippen LogP contribution in [0.2, 0.25) is 0 Å². The van der Waals surface area contributed by atoms with E-state index in [2.05, 4.69) is 56.9 Å². The smallest absolute Gasteiger partial charge is 0.0624 e. The van der Waals surface area contributed by atoms with Crippen molar-refractivity contribution in [3.63, 3.8) is 0 Å². The fraction of sp³-hybridized carbons (Fsp3) is 0.581. The van der Waals surface area contributed by atoms with Crippen LogP contribution in [0, 0.1) is 41.6 Å². The zero-order chi connectivity index (χ0) is 24.9. The van der Waals surface area contributed by atoms with E-state index in [1.54, 1.807) is 11.3 Å². The third kappa shape index (κ3) is 7.26. The van der Waals surface area contributed by atoms with Crippen molar-refractivity contribution in [2.45, 2.75) is 78.4 Å². The maximum Gasteiger partial charge on any atom is 0.0624 e. The number of aromatic nitrogens is 1. The molecule has 199 valence electrons. The molecule has 1 aromatic carbocycles. The van der Waals surface area contributed by atoms with Crippen molar-refractivity contribution in [1.82, 2.24) is 4.98 Å². The molecule has 2 aromatic heterocycles. The number of nitrogens with zero attached hydrogens (tertiary/aromatic N) is 1. The number of hydrogen-bond donors (Lipinski definition) is 2. The fourth-order valence-electron chi connectivity index (χ4n) is 6.43. The molecule has 4 unspecified atom stereocenters. The number of benzene rings is 1. The molecule has 5 rings (SSSR count). The van der Waals surface area contributed by atoms with Crippen LogP contribution in [-0.4, -0.2) is 27.4 Å². The van der Waals surface area contributed by atoms with Crippen LogP contribution in [0.1, 0.15) is 66.2 Å². The van der Waals surface area contributed by atoms with Gasteiger partial charge < -0.3 is 15.2 Å². The second-order valence-corrected chi connectivity index (χ2v) is 12.6. The molecule has 2 fully saturated rings. The molecular formula is C31H42IrNO2S-. The Morgan fingerprint density at radius 2 is 1.58 bits per heavy atom. The van der Waals surface area contributed by atoms with Crippen molar-refractivity contribution < 1.29 is 30.3 Å². The van der Waals surface area contributed by atoms with Gasteiger partial charge in [-0.1, -0.05) is 58.4 Å². The van der Waals surface area contributed by atoms with Crippen molar-refractivity contribution in [2.24, 2.45) is 35.5 Å². The summed E-state index contributed by atoms with van der Waals surface area (Å²) in [5.41, 5.74) is 0.999. The van der Waals surface area contributed by atoms with E-state index in [0.717, 1.165) is 36.3 Å². The van der Waals surface area contributed by atoms with Gasteiger partial charge in [-0.25, -0.2) is 11.3 Å². The summed E-state index contributed by atoms with van der Waals surface area (Å²) in [6.07, 6.45) is 8.19. The van der Waals surface area contributed by atoms with E-state index in [1.807, 2.05) is 30.5 Å². The molecule has 6 atom stereocenters. The van der Waals surface area contributed by atoms with E-state index in [9.17, 15) is 10.2 Å². The monoisotopic (exact) mass is 685 g/mol. The van der Waals surface area contributed by atoms with Gasteiger partial charge in [0.15, 0.2) is 0 Å². The summed E-state index contributed by atoms with van der Waals surface area (Å²) in [6, 6.07) is 17.6. The van der Waals surface area contributed by atoms with E-state index in [4.69, 9.17) is 0 Å². The Balaban J connectivity index is 0.000000202. The first-order chi connectivity index (χ1) is 16.8. The van der Waals surface area contributed by atoms with Gasteiger partial charge in [-0.2, -0.15) is 0 Å². The number of rotatable bonds is 5. The molecule has 3 aromatic rings. The van der Waals surface area contributed by atoms with Gasteiger partial charge in [-0.15, -0.1) is 23.6 Å². The van der Waals surface area contributed by atoms with Gasteiger partial charge in [-0.3, -0.25) is 0 Å². The van der Waals surface area contributed by atoms with Gasteiger partial charge in [0.25, 0.3) is 0 Å². The van der Waals surface area contributed by atoms with Gasteiger partial charge in [-0.05, 0) is 77.3 Å². The Morgan fingerprint density at radius 3 is 2.25 bits per heavy atom. The molecule has 0 amide bonds. The van der Waals surface area contributed by atoms with Crippen LogP contribution in [0.3, 0.4) is 0 Å². The average molecular weight is 685 g/mol. The summed E-state index contributed by atoms with van der Waals surface area (Å²) in [6.45, 7) is 8.95. The van der Waals surface area contributed by atoms with E-state index < -0.39 is 0 Å². The van der Waals surface area contributed by atoms with Gasteiger partial charge >= 0.3 is 0 Å². The van der Waals surface area contributed by atoms with Crippen LogP contribution in [0.25, 0.3) is 20.7 Å². The van der Waals surface area contributed by atoms with Crippen LogP contribution >= 0.6 is 11.3 Å². The first kappa shape index (κ1) is 29.5. The molecule has 3 nitrogen and oxygen atoms in total. The van der Waals surface area contributed by atoms with E-state index in [-0.39, 0.29) is 38.2 Å². The largest absolute Gasteiger partial charge is 0.392 e. The van der Waals surface area contributed by atoms with Crippen molar-refractivity contribution in [2.75, 3.05) is 0 Å². The first-order valence-electron chi connectivity index (χ1n) is 13.5. The second kappa shape index (κ2) is 13.6. The molecular weight excluding hydrogens is 643 g/mol. The third-order valence-electron chi connectivity index (χ3n) is 7.85. The zero-order valence-corrected chi connectivity index (χ0v) is 25.3. The van der Waals surface area contributed by atoms with Crippen LogP contribution < -0.4 is 0 Å². The van der Waals surface area contributed by atoms with Crippen molar-refractivity contribution in [3.05, 3.63) is 54.7 Å². The molecule has 36 heavy (non-hydrogen) atoms. The fourth-order valence-corrected chi connectivity index (χ4v) is 7.41. The van der Waals surface area contributed by atoms with Crippen LogP contribution in [0.4, 0.5) is 0 Å². The summed E-state index contributed by atoms with van der Waals surface area (Å²) in [7, 11) is 0. The van der Waals surface area contributed by atoms with Crippen LogP contribution in [0.15, 0.2) is 48.7 Å². The van der Waals surface area contributed by atoms with E-state index in [0.29, 0.717) is 29.6 Å². The zero-order valence-electron chi connectivity index (χ0n) is 22.1. The molecule has 2 heterocycles. The van der Waals surface area contributed by atoms with E-state index >= 15 is 0 Å². The molecule has 2 aliphatic carbocycles. The van der Waals surface area contributed by atoms with E-state index in [1.165, 1.54) is 22.9 Å². The number of fused-ring (bicyclic) bond motifs is 2. The van der Waals surface area contributed by atoms with Gasteiger partial charge in [0.05, 0.1) is 12.2 Å². The summed E-state index contributed by atoms with van der Waals surface area (Å²) < 4.78 is 1.26. The predicted octanol–water partition coefficient (Wildman–Crippen LogP) is 7.61. The minimum absolute atomic E-state index is 0. The number of thiophene rings is 1. The number of hydrogen-bond acceptors (Lipinski definition) is 4. The molecule has 0 spiro atoms. The minimum Gasteiger partial charge on any atom is -0.392 e.